The Morgan fingerprint density at radius 2 is 1.75 bits per heavy atom. The number of methoxy groups -OCH3 is 1. The molecule has 0 radical (unpaired) electrons. The molecule has 2 aromatic carbocycles. The first-order valence-electron chi connectivity index (χ1n) is 9.47. The average molecular weight is 452 g/mol. The zero-order valence-electron chi connectivity index (χ0n) is 17.3. The van der Waals surface area contributed by atoms with E-state index in [1.807, 2.05) is 54.6 Å². The monoisotopic (exact) mass is 452 g/mol. The smallest absolute Gasteiger partial charge is 0.490 e. The van der Waals surface area contributed by atoms with E-state index in [2.05, 4.69) is 4.98 Å². The first-order valence-corrected chi connectivity index (χ1v) is 9.47. The van der Waals surface area contributed by atoms with E-state index < -0.39 is 12.1 Å². The first-order chi connectivity index (χ1) is 15.2. The number of alkyl halides is 3. The van der Waals surface area contributed by atoms with Crippen molar-refractivity contribution in [2.75, 3.05) is 20.3 Å². The van der Waals surface area contributed by atoms with Gasteiger partial charge in [0.2, 0.25) is 0 Å². The summed E-state index contributed by atoms with van der Waals surface area (Å²) in [6.07, 6.45) is -5.08. The van der Waals surface area contributed by atoms with Crippen LogP contribution in [0.3, 0.4) is 0 Å². The number of hydrogen-bond acceptors (Lipinski definition) is 6. The van der Waals surface area contributed by atoms with E-state index in [1.54, 1.807) is 7.11 Å². The summed E-state index contributed by atoms with van der Waals surface area (Å²) in [4.78, 5) is 13.5. The van der Waals surface area contributed by atoms with Crippen molar-refractivity contribution in [2.45, 2.75) is 19.3 Å². The number of carbonyl (C=O) groups is 1. The van der Waals surface area contributed by atoms with Crippen molar-refractivity contribution in [1.82, 2.24) is 4.98 Å². The van der Waals surface area contributed by atoms with Crippen LogP contribution in [0, 0.1) is 0 Å². The van der Waals surface area contributed by atoms with Crippen LogP contribution in [0.1, 0.15) is 11.3 Å². The zero-order chi connectivity index (χ0) is 23.6. The molecule has 0 bridgehead atoms. The second-order valence-corrected chi connectivity index (χ2v) is 6.41. The lowest BCUT2D eigenvalue weighted by atomic mass is 10.1. The van der Waals surface area contributed by atoms with Gasteiger partial charge >= 0.3 is 12.1 Å². The number of aliphatic carboxylic acids is 1. The number of carboxylic acids is 1. The minimum atomic E-state index is -5.08. The number of aromatic nitrogens is 1. The van der Waals surface area contributed by atoms with Crippen molar-refractivity contribution in [3.63, 3.8) is 0 Å². The van der Waals surface area contributed by atoms with Crippen molar-refractivity contribution in [2.24, 2.45) is 5.73 Å². The molecule has 1 heterocycles. The van der Waals surface area contributed by atoms with Crippen molar-refractivity contribution >= 4 is 16.9 Å². The maximum atomic E-state index is 10.6. The van der Waals surface area contributed by atoms with Crippen LogP contribution in [-0.4, -0.2) is 42.6 Å². The van der Waals surface area contributed by atoms with Gasteiger partial charge in [-0.2, -0.15) is 13.2 Å². The summed E-state index contributed by atoms with van der Waals surface area (Å²) in [5.74, 6) is -1.24. The van der Waals surface area contributed by atoms with Crippen LogP contribution in [0.5, 0.6) is 11.5 Å². The van der Waals surface area contributed by atoms with Crippen LogP contribution >= 0.6 is 0 Å². The van der Waals surface area contributed by atoms with Crippen LogP contribution in [-0.2, 0) is 22.7 Å². The summed E-state index contributed by atoms with van der Waals surface area (Å²) in [6.45, 7) is 1.89. The molecule has 0 saturated carbocycles. The fourth-order valence-electron chi connectivity index (χ4n) is 2.52. The Balaban J connectivity index is 0.000000451. The number of pyridine rings is 1. The lowest BCUT2D eigenvalue weighted by molar-refractivity contribution is -0.192. The van der Waals surface area contributed by atoms with E-state index in [0.29, 0.717) is 26.4 Å². The van der Waals surface area contributed by atoms with E-state index in [-0.39, 0.29) is 0 Å². The largest absolute Gasteiger partial charge is 0.491 e. The normalized spacial score (nSPS) is 10.9. The first kappa shape index (κ1) is 24.9. The van der Waals surface area contributed by atoms with E-state index >= 15 is 0 Å². The molecule has 1 aromatic heterocycles. The summed E-state index contributed by atoms with van der Waals surface area (Å²) in [6, 6.07) is 17.7. The lowest BCUT2D eigenvalue weighted by Crippen LogP contribution is -2.21. The van der Waals surface area contributed by atoms with E-state index in [0.717, 1.165) is 33.7 Å². The maximum Gasteiger partial charge on any atom is 0.490 e. The van der Waals surface area contributed by atoms with E-state index in [4.69, 9.17) is 29.8 Å². The fraction of sp³-hybridized carbons (Fsp3) is 0.273. The summed E-state index contributed by atoms with van der Waals surface area (Å²) < 4.78 is 48.5. The minimum Gasteiger partial charge on any atom is -0.491 e. The van der Waals surface area contributed by atoms with Crippen LogP contribution in [0.2, 0.25) is 0 Å². The topological polar surface area (TPSA) is 104 Å². The number of halogens is 3. The van der Waals surface area contributed by atoms with Gasteiger partial charge in [0.15, 0.2) is 0 Å². The van der Waals surface area contributed by atoms with E-state index in [1.165, 1.54) is 0 Å². The maximum absolute atomic E-state index is 10.6. The highest BCUT2D eigenvalue weighted by molar-refractivity contribution is 5.86. The number of carboxylic acid groups (broad SMARTS) is 1. The molecule has 0 aliphatic carbocycles. The molecule has 0 spiro atoms. The Hall–Kier alpha value is -3.37. The van der Waals surface area contributed by atoms with Gasteiger partial charge in [-0.1, -0.05) is 30.3 Å². The summed E-state index contributed by atoms with van der Waals surface area (Å²) in [5.41, 5.74) is 8.51. The van der Waals surface area contributed by atoms with Gasteiger partial charge in [-0.05, 0) is 23.8 Å². The summed E-state index contributed by atoms with van der Waals surface area (Å²) in [5, 5.41) is 8.03. The number of fused-ring (bicyclic) bond motifs is 1. The number of nitrogens with zero attached hydrogens (tertiary/aromatic N) is 1. The van der Waals surface area contributed by atoms with Crippen LogP contribution < -0.4 is 15.2 Å². The Morgan fingerprint density at radius 1 is 1.06 bits per heavy atom. The second kappa shape index (κ2) is 11.9. The predicted molar refractivity (Wildman–Crippen MR) is 111 cm³/mol. The van der Waals surface area contributed by atoms with Gasteiger partial charge in [0.05, 0.1) is 17.8 Å². The molecule has 0 aliphatic rings. The minimum absolute atomic E-state index is 0.365. The van der Waals surface area contributed by atoms with Gasteiger partial charge in [0.25, 0.3) is 0 Å². The third kappa shape index (κ3) is 7.71. The number of benzene rings is 2. The highest BCUT2D eigenvalue weighted by atomic mass is 19.4. The number of hydrogen-bond donors (Lipinski definition) is 2. The molecular weight excluding hydrogens is 429 g/mol. The van der Waals surface area contributed by atoms with Crippen LogP contribution in [0.15, 0.2) is 54.6 Å². The quantitative estimate of drug-likeness (QED) is 0.499. The molecule has 0 unspecified atom stereocenters. The van der Waals surface area contributed by atoms with Gasteiger partial charge in [0, 0.05) is 25.1 Å². The average Bonchev–Trinajstić information content (AvgIpc) is 2.78. The molecule has 0 aliphatic heterocycles. The van der Waals surface area contributed by atoms with Crippen molar-refractivity contribution < 1.29 is 37.3 Å². The molecule has 0 saturated heterocycles. The summed E-state index contributed by atoms with van der Waals surface area (Å²) in [7, 11) is 1.65. The number of nitrogens with two attached hydrogens (primary N) is 1. The van der Waals surface area contributed by atoms with E-state index in [9.17, 15) is 13.2 Å². The molecule has 3 N–H and O–H groups in total. The van der Waals surface area contributed by atoms with Crippen molar-refractivity contribution in [3.05, 3.63) is 65.9 Å². The van der Waals surface area contributed by atoms with Gasteiger partial charge in [0.1, 0.15) is 24.7 Å². The molecule has 172 valence electrons. The molecule has 7 nitrogen and oxygen atoms in total. The van der Waals surface area contributed by atoms with Crippen molar-refractivity contribution in [1.29, 1.82) is 0 Å². The molecule has 0 atom stereocenters. The Morgan fingerprint density at radius 3 is 2.34 bits per heavy atom. The summed E-state index contributed by atoms with van der Waals surface area (Å²) >= 11 is 0. The number of rotatable bonds is 8. The third-order valence-corrected chi connectivity index (χ3v) is 4.04. The second-order valence-electron chi connectivity index (χ2n) is 6.41. The number of ether oxygens (including phenoxy) is 3. The molecule has 3 aromatic rings. The fourth-order valence-corrected chi connectivity index (χ4v) is 2.52. The zero-order valence-corrected chi connectivity index (χ0v) is 17.3. The highest BCUT2D eigenvalue weighted by Crippen LogP contribution is 2.30. The molecular formula is C22H23F3N2O5. The highest BCUT2D eigenvalue weighted by Gasteiger charge is 2.38. The molecule has 32 heavy (non-hydrogen) atoms. The molecule has 0 fully saturated rings. The Bertz CT molecular complexity index is 1010. The van der Waals surface area contributed by atoms with Gasteiger partial charge in [-0.15, -0.1) is 0 Å². The predicted octanol–water partition coefficient (Wildman–Crippen LogP) is 3.93. The Labute approximate surface area is 182 Å². The third-order valence-electron chi connectivity index (χ3n) is 4.04. The standard InChI is InChI=1S/C20H22N2O3.C2HF3O2/c1-23-9-10-24-17-7-8-19-18(12-17)20(11-16(13-21)22-19)25-14-15-5-3-2-4-6-15;3-2(4,5)1(6)7/h2-8,11-12H,9-10,13-14,21H2,1H3;(H,6,7). The van der Waals surface area contributed by atoms with Crippen LogP contribution in [0.4, 0.5) is 13.2 Å². The lowest BCUT2D eigenvalue weighted by Gasteiger charge is -2.13. The molecule has 3 rings (SSSR count). The van der Waals surface area contributed by atoms with Gasteiger partial charge < -0.3 is 25.1 Å². The van der Waals surface area contributed by atoms with Crippen molar-refractivity contribution in [3.8, 4) is 11.5 Å². The van der Waals surface area contributed by atoms with Crippen LogP contribution in [0.25, 0.3) is 10.9 Å². The molecule has 0 amide bonds. The van der Waals surface area contributed by atoms with Gasteiger partial charge in [-0.3, -0.25) is 4.98 Å². The molecule has 10 heteroatoms. The SMILES string of the molecule is COCCOc1ccc2nc(CN)cc(OCc3ccccc3)c2c1.O=C(O)C(F)(F)F. The Kier molecular flexibility index (Phi) is 9.23. The van der Waals surface area contributed by atoms with Gasteiger partial charge in [-0.25, -0.2) is 4.79 Å².